The zero-order chi connectivity index (χ0) is 30.2. The molecule has 1 aliphatic carbocycles. The minimum absolute atomic E-state index is 0.137. The summed E-state index contributed by atoms with van der Waals surface area (Å²) in [6, 6.07) is 10.8. The van der Waals surface area contributed by atoms with Gasteiger partial charge in [-0.15, -0.1) is 5.10 Å². The topological polar surface area (TPSA) is 180 Å². The maximum Gasteiger partial charge on any atom is 0.230 e. The number of rotatable bonds is 10. The van der Waals surface area contributed by atoms with E-state index in [-0.39, 0.29) is 30.5 Å². The van der Waals surface area contributed by atoms with E-state index < -0.39 is 0 Å². The molecule has 222 valence electrons. The van der Waals surface area contributed by atoms with E-state index in [0.717, 1.165) is 16.8 Å². The van der Waals surface area contributed by atoms with E-state index >= 15 is 0 Å². The molecule has 2 amide bonds. The predicted molar refractivity (Wildman–Crippen MR) is 159 cm³/mol. The number of hydrogen-bond donors (Lipinski definition) is 4. The van der Waals surface area contributed by atoms with Gasteiger partial charge in [-0.1, -0.05) is 31.4 Å². The molecule has 0 spiro atoms. The molecule has 42 heavy (non-hydrogen) atoms. The fourth-order valence-electron chi connectivity index (χ4n) is 4.26. The largest absolute Gasteiger partial charge is 0.481 e. The Labute approximate surface area is 245 Å². The van der Waals surface area contributed by atoms with Crippen LogP contribution in [0.2, 0.25) is 0 Å². The normalized spacial score (nSPS) is 13.5. The molecule has 0 aromatic carbocycles. The highest BCUT2D eigenvalue weighted by molar-refractivity contribution is 5.91. The Hall–Kier alpha value is -5.00. The van der Waals surface area contributed by atoms with E-state index in [4.69, 9.17) is 20.9 Å². The van der Waals surface area contributed by atoms with Crippen LogP contribution in [0, 0.1) is 0 Å². The smallest absolute Gasteiger partial charge is 0.230 e. The number of anilines is 1. The van der Waals surface area contributed by atoms with Crippen LogP contribution in [-0.4, -0.2) is 46.2 Å². The molecule has 0 atom stereocenters. The first-order valence-electron chi connectivity index (χ1n) is 13.6. The standard InChI is InChI=1S/C18H22N4O2.C12H16N4O2/c1-24-18-10-7-13(12-19-18)11-17(23)20-16-9-8-15(21-22-16)14-5-3-2-4-6-14;1-18-12-5-4-9(8-15-12)7-11(17)16-10(14)3-2-6-13/h7-10,12,14H,2-6,11H2,1H3,(H,20,22,23);2-6,8H,7,13-14H2,1H3,(H,16,17)/b;6-2-,10-3+. The summed E-state index contributed by atoms with van der Waals surface area (Å²) in [5.74, 6) is 1.92. The van der Waals surface area contributed by atoms with E-state index in [1.165, 1.54) is 57.6 Å². The first kappa shape index (κ1) is 31.5. The minimum Gasteiger partial charge on any atom is -0.481 e. The fraction of sp³-hybridized carbons (Fsp3) is 0.333. The van der Waals surface area contributed by atoms with E-state index in [0.29, 0.717) is 23.5 Å². The van der Waals surface area contributed by atoms with Crippen LogP contribution in [0.3, 0.4) is 0 Å². The zero-order valence-electron chi connectivity index (χ0n) is 24.0. The second-order valence-corrected chi connectivity index (χ2v) is 9.55. The maximum atomic E-state index is 12.1. The lowest BCUT2D eigenvalue weighted by molar-refractivity contribution is -0.119. The summed E-state index contributed by atoms with van der Waals surface area (Å²) in [4.78, 5) is 31.8. The summed E-state index contributed by atoms with van der Waals surface area (Å²) in [6.45, 7) is 0. The molecule has 6 N–H and O–H groups in total. The molecular weight excluding hydrogens is 536 g/mol. The Morgan fingerprint density at radius 2 is 1.50 bits per heavy atom. The summed E-state index contributed by atoms with van der Waals surface area (Å²) in [6.07, 6.45) is 14.2. The second kappa shape index (κ2) is 17.0. The molecule has 1 saturated carbocycles. The van der Waals surface area contributed by atoms with Crippen LogP contribution in [-0.2, 0) is 22.4 Å². The lowest BCUT2D eigenvalue weighted by Gasteiger charge is -2.20. The number of allylic oxidation sites excluding steroid dienone is 2. The number of aromatic nitrogens is 4. The SMILES string of the molecule is COc1ccc(CC(=O)N/C(N)=C/C=C\N)cn1.COc1ccc(CC(=O)Nc2ccc(C3CCCCC3)nn2)cn1. The van der Waals surface area contributed by atoms with E-state index in [2.05, 4.69) is 30.8 Å². The molecule has 12 heteroatoms. The van der Waals surface area contributed by atoms with Crippen molar-refractivity contribution in [3.8, 4) is 11.8 Å². The van der Waals surface area contributed by atoms with Crippen LogP contribution >= 0.6 is 0 Å². The van der Waals surface area contributed by atoms with Crippen molar-refractivity contribution < 1.29 is 19.1 Å². The van der Waals surface area contributed by atoms with Crippen molar-refractivity contribution in [2.24, 2.45) is 11.5 Å². The van der Waals surface area contributed by atoms with Gasteiger partial charge in [-0.05, 0) is 54.5 Å². The number of amides is 2. The van der Waals surface area contributed by atoms with Crippen molar-refractivity contribution in [2.45, 2.75) is 50.9 Å². The molecule has 0 unspecified atom stereocenters. The lowest BCUT2D eigenvalue weighted by atomic mass is 9.87. The van der Waals surface area contributed by atoms with Gasteiger partial charge in [0, 0.05) is 30.4 Å². The third kappa shape index (κ3) is 10.9. The summed E-state index contributed by atoms with van der Waals surface area (Å²) in [5, 5.41) is 13.7. The van der Waals surface area contributed by atoms with Gasteiger partial charge in [0.25, 0.3) is 0 Å². The highest BCUT2D eigenvalue weighted by Gasteiger charge is 2.17. The lowest BCUT2D eigenvalue weighted by Crippen LogP contribution is -2.28. The number of hydrogen-bond acceptors (Lipinski definition) is 10. The molecule has 3 aromatic heterocycles. The molecule has 1 fully saturated rings. The number of methoxy groups -OCH3 is 2. The Kier molecular flexibility index (Phi) is 12.7. The summed E-state index contributed by atoms with van der Waals surface area (Å²) >= 11 is 0. The van der Waals surface area contributed by atoms with Crippen molar-refractivity contribution in [2.75, 3.05) is 19.5 Å². The van der Waals surface area contributed by atoms with Gasteiger partial charge in [-0.2, -0.15) is 5.10 Å². The molecule has 1 aliphatic rings. The number of ether oxygens (including phenoxy) is 2. The van der Waals surface area contributed by atoms with Gasteiger partial charge in [0.05, 0.1) is 32.8 Å². The molecule has 0 radical (unpaired) electrons. The first-order chi connectivity index (χ1) is 20.4. The average Bonchev–Trinajstić information content (AvgIpc) is 3.02. The average molecular weight is 575 g/mol. The molecule has 3 heterocycles. The van der Waals surface area contributed by atoms with Gasteiger partial charge >= 0.3 is 0 Å². The van der Waals surface area contributed by atoms with Crippen molar-refractivity contribution in [1.82, 2.24) is 25.5 Å². The monoisotopic (exact) mass is 574 g/mol. The van der Waals surface area contributed by atoms with Crippen molar-refractivity contribution in [3.63, 3.8) is 0 Å². The van der Waals surface area contributed by atoms with Gasteiger partial charge in [0.1, 0.15) is 5.82 Å². The van der Waals surface area contributed by atoms with Gasteiger partial charge in [0.2, 0.25) is 23.6 Å². The van der Waals surface area contributed by atoms with Crippen LogP contribution < -0.4 is 31.6 Å². The first-order valence-corrected chi connectivity index (χ1v) is 13.6. The number of pyridine rings is 2. The summed E-state index contributed by atoms with van der Waals surface area (Å²) in [7, 11) is 3.09. The highest BCUT2D eigenvalue weighted by Crippen LogP contribution is 2.31. The van der Waals surface area contributed by atoms with E-state index in [9.17, 15) is 9.59 Å². The predicted octanol–water partition coefficient (Wildman–Crippen LogP) is 3.13. The van der Waals surface area contributed by atoms with Crippen LogP contribution in [0.5, 0.6) is 11.8 Å². The van der Waals surface area contributed by atoms with E-state index in [1.54, 1.807) is 37.7 Å². The Balaban J connectivity index is 0.000000241. The summed E-state index contributed by atoms with van der Waals surface area (Å²) in [5.41, 5.74) is 13.3. The van der Waals surface area contributed by atoms with Crippen LogP contribution in [0.25, 0.3) is 0 Å². The third-order valence-electron chi connectivity index (χ3n) is 6.39. The van der Waals surface area contributed by atoms with Crippen molar-refractivity contribution in [1.29, 1.82) is 0 Å². The Morgan fingerprint density at radius 1 is 0.881 bits per heavy atom. The molecule has 12 nitrogen and oxygen atoms in total. The van der Waals surface area contributed by atoms with Crippen molar-refractivity contribution in [3.05, 3.63) is 89.8 Å². The Bertz CT molecular complexity index is 1320. The number of nitrogens with one attached hydrogen (secondary N) is 2. The zero-order valence-corrected chi connectivity index (χ0v) is 24.0. The third-order valence-corrected chi connectivity index (χ3v) is 6.39. The molecule has 3 aromatic rings. The number of nitrogens with two attached hydrogens (primary N) is 2. The fourth-order valence-corrected chi connectivity index (χ4v) is 4.26. The van der Waals surface area contributed by atoms with E-state index in [1.807, 2.05) is 18.2 Å². The van der Waals surface area contributed by atoms with Gasteiger partial charge < -0.3 is 31.6 Å². The summed E-state index contributed by atoms with van der Waals surface area (Å²) < 4.78 is 9.92. The number of nitrogens with zero attached hydrogens (tertiary/aromatic N) is 4. The van der Waals surface area contributed by atoms with Crippen molar-refractivity contribution >= 4 is 17.6 Å². The van der Waals surface area contributed by atoms with Crippen LogP contribution in [0.4, 0.5) is 5.82 Å². The van der Waals surface area contributed by atoms with Gasteiger partial charge in [-0.3, -0.25) is 9.59 Å². The van der Waals surface area contributed by atoms with Gasteiger partial charge in [-0.25, -0.2) is 9.97 Å². The van der Waals surface area contributed by atoms with Gasteiger partial charge in [0.15, 0.2) is 5.82 Å². The Morgan fingerprint density at radius 3 is 2.00 bits per heavy atom. The highest BCUT2D eigenvalue weighted by atomic mass is 16.5. The second-order valence-electron chi connectivity index (χ2n) is 9.55. The maximum absolute atomic E-state index is 12.1. The minimum atomic E-state index is -0.221. The molecule has 4 rings (SSSR count). The number of carbonyl (C=O) groups excluding carboxylic acids is 2. The number of carbonyl (C=O) groups is 2. The molecule has 0 bridgehead atoms. The quantitative estimate of drug-likeness (QED) is 0.263. The molecular formula is C30H38N8O4. The van der Waals surface area contributed by atoms with Crippen LogP contribution in [0.1, 0.15) is 54.8 Å². The molecule has 0 saturated heterocycles. The molecule has 0 aliphatic heterocycles. The van der Waals surface area contributed by atoms with Crippen LogP contribution in [0.15, 0.2) is 73.0 Å².